The lowest BCUT2D eigenvalue weighted by Crippen LogP contribution is -2.51. The van der Waals surface area contributed by atoms with E-state index in [1.165, 1.54) is 0 Å². The van der Waals surface area contributed by atoms with Crippen molar-refractivity contribution in [3.63, 3.8) is 0 Å². The van der Waals surface area contributed by atoms with Crippen LogP contribution in [0.4, 0.5) is 5.69 Å². The molecule has 2 aliphatic heterocycles. The van der Waals surface area contributed by atoms with Gasteiger partial charge < -0.3 is 4.74 Å². The molecule has 0 aromatic heterocycles. The molecular formula is C37H28ClN3O3S. The van der Waals surface area contributed by atoms with Crippen molar-refractivity contribution in [1.82, 2.24) is 0 Å². The number of ether oxygens (including phenoxy) is 1. The summed E-state index contributed by atoms with van der Waals surface area (Å²) in [5, 5.41) is 7.69. The first-order valence-electron chi connectivity index (χ1n) is 14.5. The molecule has 5 aromatic rings. The average molecular weight is 630 g/mol. The first-order valence-corrected chi connectivity index (χ1v) is 16.3. The molecule has 0 bridgehead atoms. The molecule has 0 fully saturated rings. The van der Waals surface area contributed by atoms with E-state index >= 15 is 0 Å². The van der Waals surface area contributed by atoms with Gasteiger partial charge in [0, 0.05) is 10.6 Å². The second-order valence-electron chi connectivity index (χ2n) is 11.0. The van der Waals surface area contributed by atoms with Gasteiger partial charge in [-0.3, -0.25) is 0 Å². The van der Waals surface area contributed by atoms with Crippen LogP contribution in [-0.2, 0) is 14.8 Å². The van der Waals surface area contributed by atoms with Crippen molar-refractivity contribution in [2.75, 3.05) is 5.01 Å². The van der Waals surface area contributed by atoms with E-state index in [4.69, 9.17) is 21.4 Å². The first-order chi connectivity index (χ1) is 21.8. The van der Waals surface area contributed by atoms with E-state index in [0.717, 1.165) is 33.7 Å². The number of benzene rings is 5. The number of hydrazone groups is 1. The second-order valence-corrected chi connectivity index (χ2v) is 13.0. The van der Waals surface area contributed by atoms with Crippen LogP contribution in [-0.4, -0.2) is 25.6 Å². The number of rotatable bonds is 6. The molecule has 2 aliphatic rings. The lowest BCUT2D eigenvalue weighted by atomic mass is 9.75. The zero-order chi connectivity index (χ0) is 31.0. The van der Waals surface area contributed by atoms with Crippen LogP contribution in [0.25, 0.3) is 5.76 Å². The van der Waals surface area contributed by atoms with Gasteiger partial charge in [-0.2, -0.15) is 13.5 Å². The minimum atomic E-state index is -4.19. The lowest BCUT2D eigenvalue weighted by molar-refractivity contribution is 0.474. The Labute approximate surface area is 267 Å². The van der Waals surface area contributed by atoms with E-state index in [2.05, 4.69) is 4.40 Å². The minimum Gasteiger partial charge on any atom is -0.439 e. The molecule has 0 saturated heterocycles. The van der Waals surface area contributed by atoms with Crippen LogP contribution in [0.15, 0.2) is 160 Å². The molecule has 1 spiro atoms. The highest BCUT2D eigenvalue weighted by Gasteiger charge is 2.60. The van der Waals surface area contributed by atoms with Crippen LogP contribution >= 0.6 is 11.6 Å². The summed E-state index contributed by atoms with van der Waals surface area (Å²) in [7, 11) is -4.19. The van der Waals surface area contributed by atoms with Gasteiger partial charge in [0.25, 0.3) is 10.0 Å². The lowest BCUT2D eigenvalue weighted by Gasteiger charge is -2.36. The molecule has 0 aliphatic carbocycles. The maximum Gasteiger partial charge on any atom is 0.285 e. The van der Waals surface area contributed by atoms with E-state index < -0.39 is 21.5 Å². The Morgan fingerprint density at radius 1 is 0.756 bits per heavy atom. The van der Waals surface area contributed by atoms with Crippen LogP contribution < -0.4 is 5.01 Å². The Balaban J connectivity index is 1.54. The van der Waals surface area contributed by atoms with Crippen molar-refractivity contribution in [2.24, 2.45) is 9.50 Å². The number of hydrogen-bond acceptors (Lipinski definition) is 5. The quantitative estimate of drug-likeness (QED) is 0.190. The third kappa shape index (κ3) is 5.24. The standard InChI is InChI=1S/C37H28ClN3O3S/c1-26-17-23-32(24-18-26)45(42,43)40-36-37(25-33(44-36)27-11-5-2-6-12-27)34(28-13-7-3-8-14-28)35(29-19-21-30(38)22-20-29)39-41(37)31-15-9-4-10-16-31/h2-25,34H,1H3/b40-36-. The van der Waals surface area contributed by atoms with Crippen LogP contribution in [0.3, 0.4) is 0 Å². The van der Waals surface area contributed by atoms with Gasteiger partial charge in [0.1, 0.15) is 5.76 Å². The van der Waals surface area contributed by atoms with Crippen molar-refractivity contribution >= 4 is 44.7 Å². The molecule has 222 valence electrons. The number of anilines is 1. The van der Waals surface area contributed by atoms with E-state index in [-0.39, 0.29) is 10.8 Å². The maximum absolute atomic E-state index is 14.0. The Bertz CT molecular complexity index is 2050. The highest BCUT2D eigenvalue weighted by Crippen LogP contribution is 2.51. The highest BCUT2D eigenvalue weighted by atomic mass is 35.5. The fourth-order valence-electron chi connectivity index (χ4n) is 5.87. The zero-order valence-corrected chi connectivity index (χ0v) is 25.9. The van der Waals surface area contributed by atoms with Crippen molar-refractivity contribution in [3.8, 4) is 0 Å². The SMILES string of the molecule is Cc1ccc(S(=O)(=O)/N=C2\OC(c3ccccc3)=CC23C(c2ccccc2)C(c2ccc(Cl)cc2)=NN3c2ccccc2)cc1. The second kappa shape index (κ2) is 11.5. The monoisotopic (exact) mass is 629 g/mol. The summed E-state index contributed by atoms with van der Waals surface area (Å²) in [4.78, 5) is 0.0758. The topological polar surface area (TPSA) is 71.3 Å². The number of para-hydroxylation sites is 1. The normalized spacial score (nSPS) is 20.3. The summed E-state index contributed by atoms with van der Waals surface area (Å²) in [6.45, 7) is 1.91. The highest BCUT2D eigenvalue weighted by molar-refractivity contribution is 7.90. The molecule has 6 nitrogen and oxygen atoms in total. The molecule has 2 atom stereocenters. The largest absolute Gasteiger partial charge is 0.439 e. The Kier molecular flexibility index (Phi) is 7.36. The fourth-order valence-corrected chi connectivity index (χ4v) is 6.98. The van der Waals surface area contributed by atoms with Crippen molar-refractivity contribution in [1.29, 1.82) is 0 Å². The van der Waals surface area contributed by atoms with E-state index in [0.29, 0.717) is 10.8 Å². The summed E-state index contributed by atoms with van der Waals surface area (Å²) >= 11 is 6.30. The van der Waals surface area contributed by atoms with Crippen molar-refractivity contribution < 1.29 is 13.2 Å². The smallest absolute Gasteiger partial charge is 0.285 e. The maximum atomic E-state index is 14.0. The van der Waals surface area contributed by atoms with Gasteiger partial charge >= 0.3 is 0 Å². The predicted octanol–water partition coefficient (Wildman–Crippen LogP) is 8.25. The molecule has 7 rings (SSSR count). The summed E-state index contributed by atoms with van der Waals surface area (Å²) < 4.78 is 39.1. The average Bonchev–Trinajstić information content (AvgIpc) is 3.61. The molecular weight excluding hydrogens is 602 g/mol. The van der Waals surface area contributed by atoms with Crippen LogP contribution in [0, 0.1) is 6.92 Å². The molecule has 0 radical (unpaired) electrons. The van der Waals surface area contributed by atoms with Gasteiger partial charge in [0.2, 0.25) is 5.90 Å². The van der Waals surface area contributed by atoms with Gasteiger partial charge in [-0.15, -0.1) is 4.40 Å². The number of halogens is 1. The molecule has 2 heterocycles. The summed E-state index contributed by atoms with van der Waals surface area (Å²) in [6.07, 6.45) is 1.96. The molecule has 0 N–H and O–H groups in total. The Hall–Kier alpha value is -4.98. The van der Waals surface area contributed by atoms with Gasteiger partial charge in [-0.1, -0.05) is 120 Å². The van der Waals surface area contributed by atoms with Crippen LogP contribution in [0.1, 0.15) is 28.2 Å². The Morgan fingerprint density at radius 3 is 2.00 bits per heavy atom. The third-order valence-electron chi connectivity index (χ3n) is 8.03. The van der Waals surface area contributed by atoms with E-state index in [1.54, 1.807) is 24.3 Å². The number of hydrogen-bond donors (Lipinski definition) is 0. The number of nitrogens with zero attached hydrogens (tertiary/aromatic N) is 3. The molecule has 45 heavy (non-hydrogen) atoms. The third-order valence-corrected chi connectivity index (χ3v) is 9.55. The molecule has 0 amide bonds. The molecule has 8 heteroatoms. The summed E-state index contributed by atoms with van der Waals surface area (Å²) in [6, 6.07) is 43.3. The van der Waals surface area contributed by atoms with Crippen LogP contribution in [0.2, 0.25) is 5.02 Å². The molecule has 2 unspecified atom stereocenters. The van der Waals surface area contributed by atoms with E-state index in [9.17, 15) is 8.42 Å². The summed E-state index contributed by atoms with van der Waals surface area (Å²) in [5.74, 6) is -0.0246. The molecule has 0 saturated carbocycles. The van der Waals surface area contributed by atoms with E-state index in [1.807, 2.05) is 133 Å². The summed E-state index contributed by atoms with van der Waals surface area (Å²) in [5.41, 5.74) is 3.66. The van der Waals surface area contributed by atoms with Crippen molar-refractivity contribution in [3.05, 3.63) is 173 Å². The van der Waals surface area contributed by atoms with Crippen LogP contribution in [0.5, 0.6) is 0 Å². The minimum absolute atomic E-state index is 0.00680. The number of aryl methyl sites for hydroxylation is 1. The Morgan fingerprint density at radius 2 is 1.36 bits per heavy atom. The van der Waals surface area contributed by atoms with Crippen molar-refractivity contribution in [2.45, 2.75) is 23.3 Å². The zero-order valence-electron chi connectivity index (χ0n) is 24.3. The van der Waals surface area contributed by atoms with Gasteiger partial charge in [-0.25, -0.2) is 5.01 Å². The molecule has 5 aromatic carbocycles. The van der Waals surface area contributed by atoms with Gasteiger partial charge in [-0.05, 0) is 60.5 Å². The van der Waals surface area contributed by atoms with Gasteiger partial charge in [0.05, 0.1) is 22.2 Å². The fraction of sp³-hybridized carbons (Fsp3) is 0.0811. The predicted molar refractivity (Wildman–Crippen MR) is 180 cm³/mol. The number of sulfonamides is 1. The first kappa shape index (κ1) is 28.8. The van der Waals surface area contributed by atoms with Gasteiger partial charge in [0.15, 0.2) is 5.54 Å².